The molecule has 2 nitrogen and oxygen atoms in total. The van der Waals surface area contributed by atoms with E-state index in [4.69, 9.17) is 4.74 Å². The summed E-state index contributed by atoms with van der Waals surface area (Å²) in [6.07, 6.45) is 0. The third-order valence-electron chi connectivity index (χ3n) is 2.76. The molecule has 1 aromatic carbocycles. The van der Waals surface area contributed by atoms with E-state index < -0.39 is 0 Å². The molecule has 2 rings (SSSR count). The highest BCUT2D eigenvalue weighted by molar-refractivity contribution is 9.11. The summed E-state index contributed by atoms with van der Waals surface area (Å²) in [4.78, 5) is 1.28. The zero-order valence-electron chi connectivity index (χ0n) is 10.7. The molecule has 0 saturated heterocycles. The highest BCUT2D eigenvalue weighted by Gasteiger charge is 2.15. The van der Waals surface area contributed by atoms with Crippen molar-refractivity contribution in [3.05, 3.63) is 49.0 Å². The van der Waals surface area contributed by atoms with E-state index in [0.29, 0.717) is 6.61 Å². The summed E-state index contributed by atoms with van der Waals surface area (Å²) in [5, 5.41) is 3.35. The van der Waals surface area contributed by atoms with Crippen LogP contribution in [0.25, 0.3) is 0 Å². The lowest BCUT2D eigenvalue weighted by Crippen LogP contribution is -2.16. The van der Waals surface area contributed by atoms with Crippen LogP contribution in [0, 0.1) is 0 Å². The first-order valence-electron chi connectivity index (χ1n) is 6.00. The van der Waals surface area contributed by atoms with Crippen molar-refractivity contribution in [2.45, 2.75) is 13.0 Å². The van der Waals surface area contributed by atoms with Crippen molar-refractivity contribution < 1.29 is 4.74 Å². The lowest BCUT2D eigenvalue weighted by molar-refractivity contribution is 0.338. The molecule has 0 saturated carbocycles. The second kappa shape index (κ2) is 6.88. The topological polar surface area (TPSA) is 21.3 Å². The van der Waals surface area contributed by atoms with Crippen molar-refractivity contribution in [3.63, 3.8) is 0 Å². The molecule has 1 aromatic heterocycles. The molecule has 1 unspecified atom stereocenters. The molecular formula is C14H15Br2NOS. The first-order chi connectivity index (χ1) is 9.15. The number of nitrogens with one attached hydrogen (secondary N) is 1. The van der Waals surface area contributed by atoms with Gasteiger partial charge in [-0.3, -0.25) is 0 Å². The van der Waals surface area contributed by atoms with E-state index >= 15 is 0 Å². The molecular weight excluding hydrogens is 390 g/mol. The highest BCUT2D eigenvalue weighted by atomic mass is 79.9. The minimum absolute atomic E-state index is 0.197. The zero-order valence-corrected chi connectivity index (χ0v) is 14.7. The summed E-state index contributed by atoms with van der Waals surface area (Å²) in [5.41, 5.74) is 1.21. The van der Waals surface area contributed by atoms with Gasteiger partial charge in [0.05, 0.1) is 20.9 Å². The predicted octanol–water partition coefficient (Wildman–Crippen LogP) is 4.98. The van der Waals surface area contributed by atoms with Crippen LogP contribution in [-0.4, -0.2) is 13.7 Å². The monoisotopic (exact) mass is 403 g/mol. The molecule has 2 aromatic rings. The molecule has 0 bridgehead atoms. The Kier molecular flexibility index (Phi) is 5.45. The molecule has 0 spiro atoms. The standard InChI is InChI=1S/C14H15Br2NOS/c1-3-18-11-5-4-9(8-10(11)15)14(17-2)12-6-7-13(16)19-12/h4-8,14,17H,3H2,1-2H3. The Morgan fingerprint density at radius 3 is 2.58 bits per heavy atom. The van der Waals surface area contributed by atoms with Gasteiger partial charge in [-0.05, 0) is 75.7 Å². The van der Waals surface area contributed by atoms with E-state index in [2.05, 4.69) is 61.4 Å². The summed E-state index contributed by atoms with van der Waals surface area (Å²) in [6, 6.07) is 10.6. The Labute approximate surface area is 134 Å². The Morgan fingerprint density at radius 2 is 2.05 bits per heavy atom. The van der Waals surface area contributed by atoms with Crippen LogP contribution in [0.3, 0.4) is 0 Å². The predicted molar refractivity (Wildman–Crippen MR) is 88.2 cm³/mol. The maximum atomic E-state index is 5.54. The maximum absolute atomic E-state index is 5.54. The van der Waals surface area contributed by atoms with Gasteiger partial charge in [-0.2, -0.15) is 0 Å². The molecule has 0 radical (unpaired) electrons. The van der Waals surface area contributed by atoms with Gasteiger partial charge in [-0.25, -0.2) is 0 Å². The molecule has 102 valence electrons. The van der Waals surface area contributed by atoms with E-state index in [1.807, 2.05) is 20.0 Å². The van der Waals surface area contributed by atoms with Crippen LogP contribution in [0.5, 0.6) is 5.75 Å². The second-order valence-electron chi connectivity index (χ2n) is 3.99. The van der Waals surface area contributed by atoms with Crippen LogP contribution in [0.2, 0.25) is 0 Å². The molecule has 0 aliphatic heterocycles. The average Bonchev–Trinajstić information content (AvgIpc) is 2.80. The second-order valence-corrected chi connectivity index (χ2v) is 7.34. The van der Waals surface area contributed by atoms with Crippen molar-refractivity contribution >= 4 is 43.2 Å². The van der Waals surface area contributed by atoms with Gasteiger partial charge >= 0.3 is 0 Å². The van der Waals surface area contributed by atoms with E-state index in [0.717, 1.165) is 14.0 Å². The smallest absolute Gasteiger partial charge is 0.133 e. The summed E-state index contributed by atoms with van der Waals surface area (Å²) in [6.45, 7) is 2.66. The van der Waals surface area contributed by atoms with Gasteiger partial charge in [-0.1, -0.05) is 6.07 Å². The summed E-state index contributed by atoms with van der Waals surface area (Å²) in [7, 11) is 1.97. The number of thiophene rings is 1. The van der Waals surface area contributed by atoms with Crippen molar-refractivity contribution in [1.82, 2.24) is 5.32 Å². The minimum atomic E-state index is 0.197. The third kappa shape index (κ3) is 3.60. The summed E-state index contributed by atoms with van der Waals surface area (Å²) in [5.74, 6) is 0.883. The van der Waals surface area contributed by atoms with Gasteiger partial charge in [0.25, 0.3) is 0 Å². The van der Waals surface area contributed by atoms with Crippen LogP contribution in [0.1, 0.15) is 23.4 Å². The van der Waals surface area contributed by atoms with E-state index in [1.165, 1.54) is 10.4 Å². The normalized spacial score (nSPS) is 12.4. The fraction of sp³-hybridized carbons (Fsp3) is 0.286. The first kappa shape index (κ1) is 15.0. The van der Waals surface area contributed by atoms with Crippen molar-refractivity contribution in [3.8, 4) is 5.75 Å². The SMILES string of the molecule is CCOc1ccc(C(NC)c2ccc(Br)s2)cc1Br. The van der Waals surface area contributed by atoms with Crippen LogP contribution >= 0.6 is 43.2 Å². The molecule has 1 heterocycles. The summed E-state index contributed by atoms with van der Waals surface area (Å²) >= 11 is 8.82. The largest absolute Gasteiger partial charge is 0.493 e. The van der Waals surface area contributed by atoms with E-state index in [-0.39, 0.29) is 6.04 Å². The molecule has 5 heteroatoms. The summed E-state index contributed by atoms with van der Waals surface area (Å²) < 4.78 is 7.68. The molecule has 1 N–H and O–H groups in total. The van der Waals surface area contributed by atoms with Gasteiger partial charge in [0, 0.05) is 4.88 Å². The van der Waals surface area contributed by atoms with E-state index in [1.54, 1.807) is 11.3 Å². The Hall–Kier alpha value is -0.360. The molecule has 0 amide bonds. The molecule has 0 aliphatic carbocycles. The van der Waals surface area contributed by atoms with Crippen LogP contribution < -0.4 is 10.1 Å². The van der Waals surface area contributed by atoms with Crippen molar-refractivity contribution in [2.75, 3.05) is 13.7 Å². The van der Waals surface area contributed by atoms with Gasteiger partial charge < -0.3 is 10.1 Å². The molecule has 1 atom stereocenters. The number of rotatable bonds is 5. The van der Waals surface area contributed by atoms with Crippen molar-refractivity contribution in [1.29, 1.82) is 0 Å². The van der Waals surface area contributed by atoms with Crippen LogP contribution in [0.15, 0.2) is 38.6 Å². The number of hydrogen-bond acceptors (Lipinski definition) is 3. The molecule has 0 fully saturated rings. The van der Waals surface area contributed by atoms with Crippen LogP contribution in [-0.2, 0) is 0 Å². The Balaban J connectivity index is 2.31. The Morgan fingerprint density at radius 1 is 1.26 bits per heavy atom. The lowest BCUT2D eigenvalue weighted by Gasteiger charge is -2.16. The number of benzene rings is 1. The number of halogens is 2. The molecule has 19 heavy (non-hydrogen) atoms. The minimum Gasteiger partial charge on any atom is -0.493 e. The maximum Gasteiger partial charge on any atom is 0.133 e. The van der Waals surface area contributed by atoms with Gasteiger partial charge in [-0.15, -0.1) is 11.3 Å². The van der Waals surface area contributed by atoms with Crippen LogP contribution in [0.4, 0.5) is 0 Å². The number of hydrogen-bond donors (Lipinski definition) is 1. The zero-order chi connectivity index (χ0) is 13.8. The molecule has 0 aliphatic rings. The van der Waals surface area contributed by atoms with E-state index in [9.17, 15) is 0 Å². The Bertz CT molecular complexity index is 556. The van der Waals surface area contributed by atoms with Crippen molar-refractivity contribution in [2.24, 2.45) is 0 Å². The van der Waals surface area contributed by atoms with Gasteiger partial charge in [0.1, 0.15) is 5.75 Å². The van der Waals surface area contributed by atoms with Gasteiger partial charge in [0.15, 0.2) is 0 Å². The highest BCUT2D eigenvalue weighted by Crippen LogP contribution is 2.34. The average molecular weight is 405 g/mol. The fourth-order valence-corrected chi connectivity index (χ4v) is 4.00. The fourth-order valence-electron chi connectivity index (χ4n) is 1.93. The van der Waals surface area contributed by atoms with Gasteiger partial charge in [0.2, 0.25) is 0 Å². The third-order valence-corrected chi connectivity index (χ3v) is 5.06. The quantitative estimate of drug-likeness (QED) is 0.758. The lowest BCUT2D eigenvalue weighted by atomic mass is 10.1. The first-order valence-corrected chi connectivity index (χ1v) is 8.40. The number of ether oxygens (including phenoxy) is 1.